The van der Waals surface area contributed by atoms with Crippen LogP contribution < -0.4 is 10.1 Å². The van der Waals surface area contributed by atoms with Crippen molar-refractivity contribution in [1.82, 2.24) is 10.3 Å². The molecule has 1 atom stereocenters. The first-order chi connectivity index (χ1) is 15.1. The van der Waals surface area contributed by atoms with Crippen LogP contribution in [0.15, 0.2) is 59.0 Å². The van der Waals surface area contributed by atoms with Crippen LogP contribution in [0.3, 0.4) is 0 Å². The van der Waals surface area contributed by atoms with Gasteiger partial charge in [0.2, 0.25) is 5.89 Å². The van der Waals surface area contributed by atoms with Gasteiger partial charge < -0.3 is 19.6 Å². The number of aromatic nitrogens is 1. The van der Waals surface area contributed by atoms with E-state index in [9.17, 15) is 9.90 Å². The van der Waals surface area contributed by atoms with Crippen LogP contribution in [0.25, 0.3) is 11.5 Å². The van der Waals surface area contributed by atoms with Crippen molar-refractivity contribution >= 4 is 5.97 Å². The Balaban J connectivity index is 1.50. The van der Waals surface area contributed by atoms with Crippen LogP contribution in [0.4, 0.5) is 0 Å². The zero-order valence-corrected chi connectivity index (χ0v) is 18.1. The van der Waals surface area contributed by atoms with Gasteiger partial charge in [0.05, 0.1) is 12.3 Å². The summed E-state index contributed by atoms with van der Waals surface area (Å²) in [5, 5.41) is 12.5. The molecule has 0 fully saturated rings. The molecule has 6 heteroatoms. The smallest absolute Gasteiger partial charge is 0.321 e. The van der Waals surface area contributed by atoms with Gasteiger partial charge >= 0.3 is 5.97 Å². The Morgan fingerprint density at radius 1 is 1.16 bits per heavy atom. The molecule has 3 rings (SSSR count). The summed E-state index contributed by atoms with van der Waals surface area (Å²) in [7, 11) is 0. The molecule has 6 nitrogen and oxygen atoms in total. The van der Waals surface area contributed by atoms with Gasteiger partial charge in [-0.15, -0.1) is 0 Å². The van der Waals surface area contributed by atoms with Gasteiger partial charge in [-0.2, -0.15) is 0 Å². The highest BCUT2D eigenvalue weighted by molar-refractivity contribution is 5.73. The number of aliphatic carboxylic acids is 1. The van der Waals surface area contributed by atoms with E-state index in [-0.39, 0.29) is 0 Å². The van der Waals surface area contributed by atoms with Gasteiger partial charge in [-0.3, -0.25) is 4.79 Å². The number of carboxylic acids is 1. The first kappa shape index (κ1) is 22.6. The predicted octanol–water partition coefficient (Wildman–Crippen LogP) is 4.66. The van der Waals surface area contributed by atoms with Crippen LogP contribution in [0, 0.1) is 6.92 Å². The molecule has 0 bridgehead atoms. The summed E-state index contributed by atoms with van der Waals surface area (Å²) in [6, 6.07) is 16.8. The minimum atomic E-state index is -0.825. The number of hydrogen-bond donors (Lipinski definition) is 2. The average molecular weight is 423 g/mol. The molecule has 0 aliphatic heterocycles. The first-order valence-electron chi connectivity index (χ1n) is 10.8. The highest BCUT2D eigenvalue weighted by Gasteiger charge is 2.17. The maximum absolute atomic E-state index is 11.5. The van der Waals surface area contributed by atoms with E-state index in [4.69, 9.17) is 9.15 Å². The van der Waals surface area contributed by atoms with Crippen molar-refractivity contribution in [3.05, 3.63) is 71.6 Å². The fourth-order valence-electron chi connectivity index (χ4n) is 3.29. The van der Waals surface area contributed by atoms with Crippen molar-refractivity contribution < 1.29 is 19.1 Å². The van der Waals surface area contributed by atoms with Crippen LogP contribution in [0.1, 0.15) is 36.8 Å². The lowest BCUT2D eigenvalue weighted by Gasteiger charge is -2.14. The summed E-state index contributed by atoms with van der Waals surface area (Å²) in [4.78, 5) is 16.1. The molecule has 164 valence electrons. The number of nitrogens with zero attached hydrogens (tertiary/aromatic N) is 1. The topological polar surface area (TPSA) is 84.6 Å². The fourth-order valence-corrected chi connectivity index (χ4v) is 3.29. The quantitative estimate of drug-likeness (QED) is 0.413. The number of rotatable bonds is 12. The van der Waals surface area contributed by atoms with Crippen molar-refractivity contribution in [2.45, 2.75) is 45.6 Å². The van der Waals surface area contributed by atoms with Gasteiger partial charge in [0.25, 0.3) is 0 Å². The number of hydrogen-bond acceptors (Lipinski definition) is 5. The lowest BCUT2D eigenvalue weighted by atomic mass is 10.1. The van der Waals surface area contributed by atoms with Gasteiger partial charge in [0.15, 0.2) is 0 Å². The third-order valence-electron chi connectivity index (χ3n) is 5.10. The number of benzene rings is 2. The van der Waals surface area contributed by atoms with Crippen molar-refractivity contribution in [2.24, 2.45) is 0 Å². The molecule has 0 spiro atoms. The summed E-state index contributed by atoms with van der Waals surface area (Å²) in [6.07, 6.45) is 3.09. The van der Waals surface area contributed by atoms with Crippen LogP contribution in [0.2, 0.25) is 0 Å². The standard InChI is InChI=1S/C25H30N2O4/c1-3-4-15-26-23(25(28)29)17-19-10-12-21(13-11-19)30-16-14-22-18(2)31-24(27-22)20-8-6-5-7-9-20/h5-13,23,26H,3-4,14-17H2,1-2H3,(H,28,29)/t23-/m0/s1. The number of carboxylic acid groups (broad SMARTS) is 1. The number of carbonyl (C=O) groups is 1. The van der Waals surface area contributed by atoms with Gasteiger partial charge in [0.1, 0.15) is 17.6 Å². The zero-order valence-electron chi connectivity index (χ0n) is 18.1. The van der Waals surface area contributed by atoms with Crippen LogP contribution >= 0.6 is 0 Å². The molecule has 1 heterocycles. The Hall–Kier alpha value is -3.12. The fraction of sp³-hybridized carbons (Fsp3) is 0.360. The van der Waals surface area contributed by atoms with E-state index in [0.29, 0.717) is 31.9 Å². The maximum atomic E-state index is 11.5. The van der Waals surface area contributed by atoms with E-state index in [0.717, 1.165) is 41.2 Å². The molecule has 0 saturated heterocycles. The summed E-state index contributed by atoms with van der Waals surface area (Å²) < 4.78 is 11.6. The van der Waals surface area contributed by atoms with Gasteiger partial charge in [-0.1, -0.05) is 43.7 Å². The Morgan fingerprint density at radius 2 is 1.90 bits per heavy atom. The Bertz CT molecular complexity index is 951. The third-order valence-corrected chi connectivity index (χ3v) is 5.10. The van der Waals surface area contributed by atoms with Crippen molar-refractivity contribution in [2.75, 3.05) is 13.2 Å². The first-order valence-corrected chi connectivity index (χ1v) is 10.8. The molecular formula is C25H30N2O4. The molecule has 2 N–H and O–H groups in total. The number of oxazole rings is 1. The van der Waals surface area contributed by atoms with E-state index in [1.54, 1.807) is 0 Å². The maximum Gasteiger partial charge on any atom is 0.321 e. The molecule has 0 amide bonds. The number of nitrogens with one attached hydrogen (secondary N) is 1. The largest absolute Gasteiger partial charge is 0.493 e. The summed E-state index contributed by atoms with van der Waals surface area (Å²) in [6.45, 7) is 5.19. The normalized spacial score (nSPS) is 11.9. The number of unbranched alkanes of at least 4 members (excludes halogenated alkanes) is 1. The van der Waals surface area contributed by atoms with Gasteiger partial charge in [0, 0.05) is 12.0 Å². The molecule has 3 aromatic rings. The van der Waals surface area contributed by atoms with Crippen molar-refractivity contribution in [3.8, 4) is 17.2 Å². The SMILES string of the molecule is CCCCN[C@@H](Cc1ccc(OCCc2nc(-c3ccccc3)oc2C)cc1)C(=O)O. The zero-order chi connectivity index (χ0) is 22.1. The Kier molecular flexibility index (Phi) is 8.24. The van der Waals surface area contributed by atoms with Crippen LogP contribution in [-0.2, 0) is 17.6 Å². The molecule has 0 unspecified atom stereocenters. The lowest BCUT2D eigenvalue weighted by Crippen LogP contribution is -2.39. The molecule has 0 aliphatic rings. The summed E-state index contributed by atoms with van der Waals surface area (Å²) in [5.41, 5.74) is 2.80. The number of ether oxygens (including phenoxy) is 1. The minimum Gasteiger partial charge on any atom is -0.493 e. The highest BCUT2D eigenvalue weighted by atomic mass is 16.5. The van der Waals surface area contributed by atoms with E-state index in [1.165, 1.54) is 0 Å². The van der Waals surface area contributed by atoms with Gasteiger partial charge in [-0.25, -0.2) is 4.98 Å². The second-order valence-corrected chi connectivity index (χ2v) is 7.53. The molecule has 0 aliphatic carbocycles. The van der Waals surface area contributed by atoms with E-state index in [1.807, 2.05) is 61.5 Å². The molecule has 0 radical (unpaired) electrons. The molecule has 0 saturated carbocycles. The third kappa shape index (κ3) is 6.69. The summed E-state index contributed by atoms with van der Waals surface area (Å²) in [5.74, 6) is 1.35. The molecule has 2 aromatic carbocycles. The predicted molar refractivity (Wildman–Crippen MR) is 120 cm³/mol. The van der Waals surface area contributed by atoms with E-state index in [2.05, 4.69) is 17.2 Å². The molecule has 31 heavy (non-hydrogen) atoms. The molecule has 1 aromatic heterocycles. The summed E-state index contributed by atoms with van der Waals surface area (Å²) >= 11 is 0. The monoisotopic (exact) mass is 422 g/mol. The van der Waals surface area contributed by atoms with Crippen molar-refractivity contribution in [1.29, 1.82) is 0 Å². The highest BCUT2D eigenvalue weighted by Crippen LogP contribution is 2.22. The Morgan fingerprint density at radius 3 is 2.58 bits per heavy atom. The Labute approximate surface area is 183 Å². The van der Waals surface area contributed by atoms with E-state index >= 15 is 0 Å². The second-order valence-electron chi connectivity index (χ2n) is 7.53. The van der Waals surface area contributed by atoms with E-state index < -0.39 is 12.0 Å². The van der Waals surface area contributed by atoms with Crippen molar-refractivity contribution in [3.63, 3.8) is 0 Å². The van der Waals surface area contributed by atoms with Crippen LogP contribution in [0.5, 0.6) is 5.75 Å². The van der Waals surface area contributed by atoms with Crippen LogP contribution in [-0.4, -0.2) is 35.3 Å². The molecular weight excluding hydrogens is 392 g/mol. The van der Waals surface area contributed by atoms with Gasteiger partial charge in [-0.05, 0) is 56.1 Å². The second kappa shape index (κ2) is 11.3. The lowest BCUT2D eigenvalue weighted by molar-refractivity contribution is -0.139. The minimum absolute atomic E-state index is 0.444. The number of aryl methyl sites for hydroxylation is 1. The average Bonchev–Trinajstić information content (AvgIpc) is 3.15.